The Bertz CT molecular complexity index is 673. The van der Waals surface area contributed by atoms with E-state index in [1.807, 2.05) is 24.3 Å². The van der Waals surface area contributed by atoms with E-state index in [1.165, 1.54) is 11.6 Å². The van der Waals surface area contributed by atoms with Crippen molar-refractivity contribution >= 4 is 34.4 Å². The highest BCUT2D eigenvalue weighted by Crippen LogP contribution is 2.22. The Balaban J connectivity index is 1.94. The van der Waals surface area contributed by atoms with E-state index < -0.39 is 4.92 Å². The van der Waals surface area contributed by atoms with Crippen LogP contribution in [0.5, 0.6) is 0 Å². The van der Waals surface area contributed by atoms with Crippen LogP contribution < -0.4 is 16.2 Å². The molecule has 0 aliphatic rings. The fraction of sp³-hybridized carbons (Fsp3) is 0.133. The van der Waals surface area contributed by atoms with E-state index in [9.17, 15) is 10.1 Å². The van der Waals surface area contributed by atoms with E-state index in [-0.39, 0.29) is 5.69 Å². The minimum Gasteiger partial charge on any atom is -0.331 e. The summed E-state index contributed by atoms with van der Waals surface area (Å²) in [6.07, 6.45) is 0.974. The van der Waals surface area contributed by atoms with Crippen molar-refractivity contribution in [1.82, 2.24) is 5.43 Å². The third-order valence-electron chi connectivity index (χ3n) is 3.03. The lowest BCUT2D eigenvalue weighted by Crippen LogP contribution is -2.33. The maximum atomic E-state index is 10.9. The van der Waals surface area contributed by atoms with Crippen LogP contribution >= 0.6 is 12.2 Å². The van der Waals surface area contributed by atoms with Crippen molar-refractivity contribution in [2.75, 3.05) is 10.7 Å². The zero-order valence-electron chi connectivity index (χ0n) is 12.0. The standard InChI is InChI=1S/C15H16N4O2S/c1-2-11-7-9-12(10-8-11)16-15(22)18-17-13-5-3-4-6-14(13)19(20)21/h3-10,17H,2H2,1H3,(H2,16,18,22). The molecule has 0 saturated heterocycles. The maximum absolute atomic E-state index is 10.9. The van der Waals surface area contributed by atoms with E-state index in [0.717, 1.165) is 12.1 Å². The number of aryl methyl sites for hydroxylation is 1. The average molecular weight is 316 g/mol. The molecular weight excluding hydrogens is 300 g/mol. The van der Waals surface area contributed by atoms with Crippen molar-refractivity contribution in [3.05, 3.63) is 64.2 Å². The molecule has 0 atom stereocenters. The molecule has 0 radical (unpaired) electrons. The van der Waals surface area contributed by atoms with Gasteiger partial charge in [0.1, 0.15) is 5.69 Å². The second-order valence-corrected chi connectivity index (χ2v) is 4.94. The van der Waals surface area contributed by atoms with Gasteiger partial charge in [0.2, 0.25) is 0 Å². The highest BCUT2D eigenvalue weighted by Gasteiger charge is 2.11. The Morgan fingerprint density at radius 2 is 1.86 bits per heavy atom. The summed E-state index contributed by atoms with van der Waals surface area (Å²) in [6.45, 7) is 2.09. The van der Waals surface area contributed by atoms with Crippen molar-refractivity contribution < 1.29 is 4.92 Å². The smallest absolute Gasteiger partial charge is 0.294 e. The van der Waals surface area contributed by atoms with Crippen LogP contribution in [0, 0.1) is 10.1 Å². The summed E-state index contributed by atoms with van der Waals surface area (Å²) in [4.78, 5) is 10.5. The van der Waals surface area contributed by atoms with E-state index in [2.05, 4.69) is 23.1 Å². The van der Waals surface area contributed by atoms with Gasteiger partial charge in [-0.15, -0.1) is 0 Å². The predicted octanol–water partition coefficient (Wildman–Crippen LogP) is 3.47. The first-order chi connectivity index (χ1) is 10.6. The summed E-state index contributed by atoms with van der Waals surface area (Å²) >= 11 is 5.15. The summed E-state index contributed by atoms with van der Waals surface area (Å²) in [6, 6.07) is 14.2. The second-order valence-electron chi connectivity index (χ2n) is 4.53. The number of anilines is 2. The van der Waals surface area contributed by atoms with Crippen LogP contribution in [0.2, 0.25) is 0 Å². The summed E-state index contributed by atoms with van der Waals surface area (Å²) in [5.74, 6) is 0. The molecular formula is C15H16N4O2S. The molecule has 0 saturated carbocycles. The number of benzene rings is 2. The lowest BCUT2D eigenvalue weighted by molar-refractivity contribution is -0.384. The zero-order valence-corrected chi connectivity index (χ0v) is 12.8. The van der Waals surface area contributed by atoms with Crippen LogP contribution in [-0.4, -0.2) is 10.0 Å². The van der Waals surface area contributed by atoms with Gasteiger partial charge < -0.3 is 5.32 Å². The number of nitrogens with zero attached hydrogens (tertiary/aromatic N) is 1. The highest BCUT2D eigenvalue weighted by atomic mass is 32.1. The molecule has 0 unspecified atom stereocenters. The minimum atomic E-state index is -0.454. The first-order valence-corrected chi connectivity index (χ1v) is 7.16. The Kier molecular flexibility index (Phi) is 5.26. The summed E-state index contributed by atoms with van der Waals surface area (Å²) in [5, 5.41) is 14.2. The van der Waals surface area contributed by atoms with Gasteiger partial charge in [0.05, 0.1) is 4.92 Å². The molecule has 0 aromatic heterocycles. The van der Waals surface area contributed by atoms with Gasteiger partial charge in [-0.25, -0.2) is 0 Å². The fourth-order valence-electron chi connectivity index (χ4n) is 1.85. The molecule has 0 amide bonds. The van der Waals surface area contributed by atoms with Crippen molar-refractivity contribution in [2.45, 2.75) is 13.3 Å². The number of thiocarbonyl (C=S) groups is 1. The molecule has 0 aliphatic carbocycles. The first kappa shape index (κ1) is 15.7. The van der Waals surface area contributed by atoms with E-state index >= 15 is 0 Å². The number of hydrogen-bond donors (Lipinski definition) is 3. The van der Waals surface area contributed by atoms with Gasteiger partial charge in [-0.05, 0) is 42.4 Å². The molecule has 2 rings (SSSR count). The summed E-state index contributed by atoms with van der Waals surface area (Å²) in [7, 11) is 0. The lowest BCUT2D eigenvalue weighted by atomic mass is 10.1. The normalized spacial score (nSPS) is 9.86. The number of nitro benzene ring substituents is 1. The number of hydrogen-bond acceptors (Lipinski definition) is 4. The molecule has 114 valence electrons. The molecule has 0 heterocycles. The van der Waals surface area contributed by atoms with E-state index in [4.69, 9.17) is 12.2 Å². The van der Waals surface area contributed by atoms with Gasteiger partial charge >= 0.3 is 0 Å². The predicted molar refractivity (Wildman–Crippen MR) is 91.9 cm³/mol. The molecule has 0 aliphatic heterocycles. The monoisotopic (exact) mass is 316 g/mol. The van der Waals surface area contributed by atoms with Gasteiger partial charge in [0.15, 0.2) is 5.11 Å². The fourth-order valence-corrected chi connectivity index (χ4v) is 2.02. The third-order valence-corrected chi connectivity index (χ3v) is 3.24. The Morgan fingerprint density at radius 1 is 1.18 bits per heavy atom. The lowest BCUT2D eigenvalue weighted by Gasteiger charge is -2.12. The topological polar surface area (TPSA) is 79.2 Å². The van der Waals surface area contributed by atoms with Crippen LogP contribution in [0.15, 0.2) is 48.5 Å². The van der Waals surface area contributed by atoms with Crippen LogP contribution in [0.4, 0.5) is 17.1 Å². The van der Waals surface area contributed by atoms with Gasteiger partial charge in [0.25, 0.3) is 5.69 Å². The molecule has 22 heavy (non-hydrogen) atoms. The van der Waals surface area contributed by atoms with Gasteiger partial charge in [-0.1, -0.05) is 31.2 Å². The van der Waals surface area contributed by atoms with Crippen molar-refractivity contribution in [2.24, 2.45) is 0 Å². The molecule has 3 N–H and O–H groups in total. The highest BCUT2D eigenvalue weighted by molar-refractivity contribution is 7.80. The quantitative estimate of drug-likeness (QED) is 0.445. The summed E-state index contributed by atoms with van der Waals surface area (Å²) in [5.41, 5.74) is 7.89. The average Bonchev–Trinajstić information content (AvgIpc) is 2.54. The minimum absolute atomic E-state index is 0.0231. The van der Waals surface area contributed by atoms with Crippen LogP contribution in [-0.2, 0) is 6.42 Å². The molecule has 7 heteroatoms. The van der Waals surface area contributed by atoms with Gasteiger partial charge in [-0.3, -0.25) is 21.0 Å². The number of rotatable bonds is 5. The summed E-state index contributed by atoms with van der Waals surface area (Å²) < 4.78 is 0. The molecule has 2 aromatic carbocycles. The van der Waals surface area contributed by atoms with Crippen molar-refractivity contribution in [1.29, 1.82) is 0 Å². The number of hydrazine groups is 1. The Morgan fingerprint density at radius 3 is 2.50 bits per heavy atom. The number of nitro groups is 1. The largest absolute Gasteiger partial charge is 0.331 e. The third kappa shape index (κ3) is 4.16. The molecule has 6 nitrogen and oxygen atoms in total. The SMILES string of the molecule is CCc1ccc(NC(=S)NNc2ccccc2[N+](=O)[O-])cc1. The molecule has 2 aromatic rings. The Labute approximate surface area is 133 Å². The zero-order chi connectivity index (χ0) is 15.9. The maximum Gasteiger partial charge on any atom is 0.294 e. The number of para-hydroxylation sites is 2. The second kappa shape index (κ2) is 7.37. The number of nitrogens with one attached hydrogen (secondary N) is 3. The first-order valence-electron chi connectivity index (χ1n) is 6.75. The van der Waals surface area contributed by atoms with Gasteiger partial charge in [-0.2, -0.15) is 0 Å². The Hall–Kier alpha value is -2.67. The molecule has 0 bridgehead atoms. The van der Waals surface area contributed by atoms with Crippen molar-refractivity contribution in [3.8, 4) is 0 Å². The van der Waals surface area contributed by atoms with Gasteiger partial charge in [0, 0.05) is 11.8 Å². The van der Waals surface area contributed by atoms with Crippen LogP contribution in [0.3, 0.4) is 0 Å². The molecule has 0 fully saturated rings. The van der Waals surface area contributed by atoms with E-state index in [0.29, 0.717) is 10.8 Å². The van der Waals surface area contributed by atoms with Crippen LogP contribution in [0.1, 0.15) is 12.5 Å². The van der Waals surface area contributed by atoms with E-state index in [1.54, 1.807) is 18.2 Å². The molecule has 0 spiro atoms. The van der Waals surface area contributed by atoms with Crippen molar-refractivity contribution in [3.63, 3.8) is 0 Å². The van der Waals surface area contributed by atoms with Crippen LogP contribution in [0.25, 0.3) is 0 Å².